The molecule has 35 heavy (non-hydrogen) atoms. The Bertz CT molecular complexity index is 1560. The fourth-order valence-corrected chi connectivity index (χ4v) is 5.10. The number of H-pyrrole nitrogens is 1. The Balaban J connectivity index is 1.46. The maximum absolute atomic E-state index is 15.0. The highest BCUT2D eigenvalue weighted by molar-refractivity contribution is 5.98. The first-order valence-corrected chi connectivity index (χ1v) is 11.4. The van der Waals surface area contributed by atoms with Crippen LogP contribution < -0.4 is 9.64 Å². The first kappa shape index (κ1) is 21.2. The molecule has 0 radical (unpaired) electrons. The summed E-state index contributed by atoms with van der Waals surface area (Å²) in [5.74, 6) is 0.181. The lowest BCUT2D eigenvalue weighted by atomic mass is 9.95. The van der Waals surface area contributed by atoms with Crippen molar-refractivity contribution in [3.63, 3.8) is 0 Å². The number of nitrogens with zero attached hydrogens (tertiary/aromatic N) is 5. The molecule has 3 heterocycles. The van der Waals surface area contributed by atoms with Gasteiger partial charge in [-0.15, -0.1) is 0 Å². The van der Waals surface area contributed by atoms with Crippen LogP contribution in [-0.4, -0.2) is 54.4 Å². The van der Waals surface area contributed by atoms with Crippen LogP contribution in [0, 0.1) is 28.5 Å². The zero-order valence-electron chi connectivity index (χ0n) is 19.0. The van der Waals surface area contributed by atoms with Crippen molar-refractivity contribution in [3.05, 3.63) is 65.5 Å². The number of nitrogens with one attached hydrogen (secondary N) is 1. The van der Waals surface area contributed by atoms with Gasteiger partial charge in [-0.2, -0.15) is 15.6 Å². The molecule has 1 N–H and O–H groups in total. The fourth-order valence-electron chi connectivity index (χ4n) is 5.10. The Morgan fingerprint density at radius 3 is 2.74 bits per heavy atom. The number of anilines is 1. The van der Waals surface area contributed by atoms with Crippen LogP contribution >= 0.6 is 0 Å². The molecule has 0 aliphatic carbocycles. The lowest BCUT2D eigenvalue weighted by Crippen LogP contribution is -2.56. The second-order valence-electron chi connectivity index (χ2n) is 9.01. The van der Waals surface area contributed by atoms with E-state index in [1.807, 2.05) is 18.2 Å². The van der Waals surface area contributed by atoms with Crippen LogP contribution in [0.4, 0.5) is 10.1 Å². The highest BCUT2D eigenvalue weighted by Crippen LogP contribution is 2.40. The van der Waals surface area contributed by atoms with E-state index < -0.39 is 5.82 Å². The molecular formula is C27H21FN6O. The summed E-state index contributed by atoms with van der Waals surface area (Å²) in [5.41, 5.74) is 4.19. The molecule has 0 spiro atoms. The Morgan fingerprint density at radius 2 is 1.91 bits per heavy atom. The number of piperazine rings is 1. The van der Waals surface area contributed by atoms with Gasteiger partial charge in [0.15, 0.2) is 0 Å². The number of hydrogen-bond acceptors (Lipinski definition) is 6. The van der Waals surface area contributed by atoms with Gasteiger partial charge in [-0.25, -0.2) is 4.39 Å². The van der Waals surface area contributed by atoms with E-state index in [1.165, 1.54) is 6.07 Å². The SMILES string of the molecule is CN1CCN2c3ccc(-c4n[nH]c5cc(C#N)c(-c6cccc(C#N)c6F)cc45)cc3OCC2C1. The molecule has 2 aliphatic heterocycles. The number of likely N-dealkylation sites (N-methyl/N-ethyl adjacent to an activating group) is 1. The second-order valence-corrected chi connectivity index (χ2v) is 9.01. The van der Waals surface area contributed by atoms with E-state index in [-0.39, 0.29) is 11.1 Å². The fraction of sp³-hybridized carbons (Fsp3) is 0.222. The smallest absolute Gasteiger partial charge is 0.148 e. The maximum atomic E-state index is 15.0. The molecule has 0 bridgehead atoms. The van der Waals surface area contributed by atoms with Gasteiger partial charge >= 0.3 is 0 Å². The van der Waals surface area contributed by atoms with Crippen molar-refractivity contribution in [2.75, 3.05) is 38.2 Å². The number of aromatic nitrogens is 2. The van der Waals surface area contributed by atoms with E-state index in [0.29, 0.717) is 35.0 Å². The van der Waals surface area contributed by atoms with Crippen LogP contribution in [0.25, 0.3) is 33.3 Å². The summed E-state index contributed by atoms with van der Waals surface area (Å²) < 4.78 is 21.1. The van der Waals surface area contributed by atoms with E-state index in [0.717, 1.165) is 42.0 Å². The summed E-state index contributed by atoms with van der Waals surface area (Å²) in [5, 5.41) is 27.2. The minimum absolute atomic E-state index is 0.0621. The van der Waals surface area contributed by atoms with Crippen molar-refractivity contribution in [2.24, 2.45) is 0 Å². The molecule has 4 aromatic rings. The van der Waals surface area contributed by atoms with Gasteiger partial charge in [0.2, 0.25) is 0 Å². The first-order valence-electron chi connectivity index (χ1n) is 11.4. The van der Waals surface area contributed by atoms with Gasteiger partial charge in [0.1, 0.15) is 29.9 Å². The predicted molar refractivity (Wildman–Crippen MR) is 130 cm³/mol. The van der Waals surface area contributed by atoms with Crippen LogP contribution in [0.15, 0.2) is 48.5 Å². The predicted octanol–water partition coefficient (Wildman–Crippen LogP) is 4.29. The number of ether oxygens (including phenoxy) is 1. The van der Waals surface area contributed by atoms with Crippen molar-refractivity contribution >= 4 is 16.6 Å². The molecule has 1 unspecified atom stereocenters. The van der Waals surface area contributed by atoms with Gasteiger partial charge in [-0.05, 0) is 37.4 Å². The Kier molecular flexibility index (Phi) is 4.91. The van der Waals surface area contributed by atoms with Crippen molar-refractivity contribution in [1.82, 2.24) is 15.1 Å². The molecule has 6 rings (SSSR count). The Morgan fingerprint density at radius 1 is 1.06 bits per heavy atom. The summed E-state index contributed by atoms with van der Waals surface area (Å²) in [7, 11) is 2.13. The van der Waals surface area contributed by atoms with Gasteiger partial charge < -0.3 is 14.5 Å². The van der Waals surface area contributed by atoms with Crippen molar-refractivity contribution in [2.45, 2.75) is 6.04 Å². The molecule has 1 atom stereocenters. The number of aromatic amines is 1. The molecule has 1 saturated heterocycles. The number of rotatable bonds is 2. The summed E-state index contributed by atoms with van der Waals surface area (Å²) in [6.45, 7) is 3.57. The maximum Gasteiger partial charge on any atom is 0.148 e. The second kappa shape index (κ2) is 8.12. The van der Waals surface area contributed by atoms with Gasteiger partial charge in [0.25, 0.3) is 0 Å². The van der Waals surface area contributed by atoms with Gasteiger partial charge in [-0.3, -0.25) is 5.10 Å². The molecule has 172 valence electrons. The third-order valence-corrected chi connectivity index (χ3v) is 6.89. The quantitative estimate of drug-likeness (QED) is 0.476. The largest absolute Gasteiger partial charge is 0.489 e. The van der Waals surface area contributed by atoms with Gasteiger partial charge in [-0.1, -0.05) is 18.2 Å². The standard InChI is InChI=1S/C27H21FN6O/c1-33-7-8-34-19(14-33)15-35-25-10-16(5-6-24(25)34)27-22-11-21(18(13-30)9-23(22)31-32-27)20-4-2-3-17(12-29)26(20)28/h2-6,9-11,19H,7-8,14-15H2,1H3,(H,31,32). The monoisotopic (exact) mass is 464 g/mol. The van der Waals surface area contributed by atoms with Crippen molar-refractivity contribution in [1.29, 1.82) is 10.5 Å². The average molecular weight is 465 g/mol. The molecule has 8 heteroatoms. The molecule has 2 aliphatic rings. The molecule has 3 aromatic carbocycles. The third-order valence-electron chi connectivity index (χ3n) is 6.89. The Hall–Kier alpha value is -4.40. The first-order chi connectivity index (χ1) is 17.1. The summed E-state index contributed by atoms with van der Waals surface area (Å²) in [6.07, 6.45) is 0. The van der Waals surface area contributed by atoms with E-state index in [1.54, 1.807) is 24.3 Å². The molecule has 1 aromatic heterocycles. The van der Waals surface area contributed by atoms with E-state index in [2.05, 4.69) is 39.2 Å². The lowest BCUT2D eigenvalue weighted by molar-refractivity contribution is 0.188. The van der Waals surface area contributed by atoms with E-state index >= 15 is 0 Å². The van der Waals surface area contributed by atoms with Crippen LogP contribution in [0.2, 0.25) is 0 Å². The molecule has 7 nitrogen and oxygen atoms in total. The molecule has 0 amide bonds. The number of nitriles is 2. The van der Waals surface area contributed by atoms with E-state index in [4.69, 9.17) is 4.74 Å². The Labute approximate surface area is 201 Å². The zero-order valence-corrected chi connectivity index (χ0v) is 19.0. The minimum Gasteiger partial charge on any atom is -0.489 e. The van der Waals surface area contributed by atoms with Gasteiger partial charge in [0, 0.05) is 41.7 Å². The molecule has 0 saturated carbocycles. The summed E-state index contributed by atoms with van der Waals surface area (Å²) in [4.78, 5) is 4.73. The number of hydrogen-bond donors (Lipinski definition) is 1. The average Bonchev–Trinajstić information content (AvgIpc) is 3.30. The number of halogens is 1. The van der Waals surface area contributed by atoms with Gasteiger partial charge in [0.05, 0.1) is 34.4 Å². The summed E-state index contributed by atoms with van der Waals surface area (Å²) in [6, 6.07) is 18.5. The van der Waals surface area contributed by atoms with Crippen molar-refractivity contribution in [3.8, 4) is 40.3 Å². The highest BCUT2D eigenvalue weighted by Gasteiger charge is 2.32. The van der Waals surface area contributed by atoms with Crippen molar-refractivity contribution < 1.29 is 9.13 Å². The van der Waals surface area contributed by atoms with Crippen LogP contribution in [-0.2, 0) is 0 Å². The third kappa shape index (κ3) is 3.39. The van der Waals surface area contributed by atoms with Crippen LogP contribution in [0.3, 0.4) is 0 Å². The number of benzene rings is 3. The van der Waals surface area contributed by atoms with Crippen LogP contribution in [0.1, 0.15) is 11.1 Å². The minimum atomic E-state index is -0.639. The van der Waals surface area contributed by atoms with E-state index in [9.17, 15) is 14.9 Å². The van der Waals surface area contributed by atoms with Crippen LogP contribution in [0.5, 0.6) is 5.75 Å². The summed E-state index contributed by atoms with van der Waals surface area (Å²) >= 11 is 0. The molecule has 1 fully saturated rings. The lowest BCUT2D eigenvalue weighted by Gasteiger charge is -2.44. The topological polar surface area (TPSA) is 92.0 Å². The highest BCUT2D eigenvalue weighted by atomic mass is 19.1. The number of fused-ring (bicyclic) bond motifs is 4. The molecular weight excluding hydrogens is 443 g/mol. The zero-order chi connectivity index (χ0) is 24.1. The normalized spacial score (nSPS) is 17.3.